The monoisotopic (exact) mass is 346 g/mol. The number of aryl methyl sites for hydroxylation is 1. The molecule has 24 heavy (non-hydrogen) atoms. The zero-order valence-corrected chi connectivity index (χ0v) is 15.1. The summed E-state index contributed by atoms with van der Waals surface area (Å²) in [6, 6.07) is 13.3. The Morgan fingerprint density at radius 3 is 2.25 bits per heavy atom. The molecule has 1 amide bonds. The summed E-state index contributed by atoms with van der Waals surface area (Å²) in [6.07, 6.45) is 0. The van der Waals surface area contributed by atoms with Gasteiger partial charge in [-0.3, -0.25) is 9.10 Å². The summed E-state index contributed by atoms with van der Waals surface area (Å²) in [7, 11) is -2.12. The lowest BCUT2D eigenvalue weighted by atomic mass is 10.1. The van der Waals surface area contributed by atoms with Crippen LogP contribution in [0.4, 0.5) is 5.69 Å². The van der Waals surface area contributed by atoms with Crippen molar-refractivity contribution in [1.29, 1.82) is 0 Å². The maximum absolute atomic E-state index is 12.7. The maximum atomic E-state index is 12.7. The van der Waals surface area contributed by atoms with Gasteiger partial charge in [0, 0.05) is 18.7 Å². The van der Waals surface area contributed by atoms with Crippen LogP contribution >= 0.6 is 0 Å². The van der Waals surface area contributed by atoms with Crippen molar-refractivity contribution in [2.45, 2.75) is 31.7 Å². The molecule has 0 aliphatic carbocycles. The van der Waals surface area contributed by atoms with Crippen LogP contribution < -0.4 is 9.62 Å². The quantitative estimate of drug-likeness (QED) is 0.905. The molecule has 0 fully saturated rings. The van der Waals surface area contributed by atoms with E-state index in [4.69, 9.17) is 0 Å². The van der Waals surface area contributed by atoms with Crippen molar-refractivity contribution in [3.63, 3.8) is 0 Å². The van der Waals surface area contributed by atoms with Crippen molar-refractivity contribution in [3.8, 4) is 0 Å². The van der Waals surface area contributed by atoms with Gasteiger partial charge in [0.25, 0.3) is 15.9 Å². The number of nitrogens with one attached hydrogen (secondary N) is 1. The second kappa shape index (κ2) is 7.05. The average molecular weight is 346 g/mol. The Morgan fingerprint density at radius 2 is 1.71 bits per heavy atom. The number of carbonyl (C=O) groups is 1. The van der Waals surface area contributed by atoms with Gasteiger partial charge in [-0.1, -0.05) is 18.2 Å². The third-order valence-electron chi connectivity index (χ3n) is 3.62. The lowest BCUT2D eigenvalue weighted by molar-refractivity contribution is 0.0943. The highest BCUT2D eigenvalue weighted by Crippen LogP contribution is 2.26. The molecule has 0 radical (unpaired) electrons. The van der Waals surface area contributed by atoms with E-state index < -0.39 is 10.0 Å². The first kappa shape index (κ1) is 18.0. The van der Waals surface area contributed by atoms with Crippen molar-refractivity contribution in [2.24, 2.45) is 0 Å². The van der Waals surface area contributed by atoms with E-state index in [1.807, 2.05) is 13.8 Å². The van der Waals surface area contributed by atoms with Crippen molar-refractivity contribution >= 4 is 21.6 Å². The summed E-state index contributed by atoms with van der Waals surface area (Å²) in [6.45, 7) is 5.57. The Hall–Kier alpha value is -2.34. The first-order valence-electron chi connectivity index (χ1n) is 7.69. The number of carbonyl (C=O) groups excluding carboxylic acids is 1. The summed E-state index contributed by atoms with van der Waals surface area (Å²) < 4.78 is 26.6. The molecule has 0 atom stereocenters. The van der Waals surface area contributed by atoms with Crippen LogP contribution in [0.5, 0.6) is 0 Å². The molecule has 0 saturated carbocycles. The van der Waals surface area contributed by atoms with E-state index in [2.05, 4.69) is 5.32 Å². The molecule has 0 unspecified atom stereocenters. The number of nitrogens with zero attached hydrogens (tertiary/aromatic N) is 1. The Bertz CT molecular complexity index is 831. The second-order valence-corrected chi connectivity index (χ2v) is 7.88. The predicted octanol–water partition coefficient (Wildman–Crippen LogP) is 2.96. The molecule has 5 nitrogen and oxygen atoms in total. The lowest BCUT2D eigenvalue weighted by Crippen LogP contribution is -2.30. The number of rotatable bonds is 5. The van der Waals surface area contributed by atoms with Crippen LogP contribution in [0.15, 0.2) is 53.4 Å². The molecule has 0 heterocycles. The number of hydrogen-bond acceptors (Lipinski definition) is 3. The molecule has 128 valence electrons. The van der Waals surface area contributed by atoms with Crippen LogP contribution in [0.2, 0.25) is 0 Å². The van der Waals surface area contributed by atoms with E-state index in [0.29, 0.717) is 16.8 Å². The van der Waals surface area contributed by atoms with Crippen LogP contribution in [-0.2, 0) is 10.0 Å². The second-order valence-electron chi connectivity index (χ2n) is 5.92. The van der Waals surface area contributed by atoms with Gasteiger partial charge >= 0.3 is 0 Å². The molecule has 0 aliphatic heterocycles. The molecule has 0 saturated heterocycles. The first-order valence-corrected chi connectivity index (χ1v) is 9.13. The third-order valence-corrected chi connectivity index (χ3v) is 5.41. The fraction of sp³-hybridized carbons (Fsp3) is 0.278. The van der Waals surface area contributed by atoms with Gasteiger partial charge in [0.1, 0.15) is 0 Å². The molecule has 2 aromatic rings. The van der Waals surface area contributed by atoms with Crippen molar-refractivity contribution in [1.82, 2.24) is 5.32 Å². The van der Waals surface area contributed by atoms with Gasteiger partial charge in [0.15, 0.2) is 0 Å². The van der Waals surface area contributed by atoms with Gasteiger partial charge < -0.3 is 5.32 Å². The van der Waals surface area contributed by atoms with Crippen LogP contribution in [0, 0.1) is 6.92 Å². The smallest absolute Gasteiger partial charge is 0.264 e. The van der Waals surface area contributed by atoms with Crippen LogP contribution in [0.25, 0.3) is 0 Å². The molecular formula is C18H22N2O3S. The number of sulfonamides is 1. The minimum Gasteiger partial charge on any atom is -0.350 e. The first-order chi connectivity index (χ1) is 11.2. The van der Waals surface area contributed by atoms with Crippen LogP contribution in [0.3, 0.4) is 0 Å². The van der Waals surface area contributed by atoms with Gasteiger partial charge in [0.2, 0.25) is 0 Å². The zero-order chi connectivity index (χ0) is 17.9. The Balaban J connectivity index is 2.34. The van der Waals surface area contributed by atoms with Crippen molar-refractivity contribution in [2.75, 3.05) is 11.4 Å². The highest BCUT2D eigenvalue weighted by molar-refractivity contribution is 7.92. The van der Waals surface area contributed by atoms with E-state index in [-0.39, 0.29) is 16.8 Å². The summed E-state index contributed by atoms with van der Waals surface area (Å²) >= 11 is 0. The number of amides is 1. The molecular weight excluding hydrogens is 324 g/mol. The van der Waals surface area contributed by atoms with E-state index in [0.717, 1.165) is 0 Å². The van der Waals surface area contributed by atoms with Crippen LogP contribution in [0.1, 0.15) is 29.8 Å². The fourth-order valence-corrected chi connectivity index (χ4v) is 3.66. The van der Waals surface area contributed by atoms with Gasteiger partial charge in [-0.05, 0) is 56.7 Å². The average Bonchev–Trinajstić information content (AvgIpc) is 2.54. The fourth-order valence-electron chi connectivity index (χ4n) is 2.38. The van der Waals surface area contributed by atoms with E-state index in [1.165, 1.54) is 11.4 Å². The van der Waals surface area contributed by atoms with Crippen molar-refractivity contribution in [3.05, 3.63) is 59.7 Å². The molecule has 2 rings (SSSR count). The summed E-state index contributed by atoms with van der Waals surface area (Å²) in [5.41, 5.74) is 1.77. The zero-order valence-electron chi connectivity index (χ0n) is 14.3. The minimum absolute atomic E-state index is 0.0404. The van der Waals surface area contributed by atoms with E-state index in [1.54, 1.807) is 55.5 Å². The Morgan fingerprint density at radius 1 is 1.08 bits per heavy atom. The van der Waals surface area contributed by atoms with Crippen molar-refractivity contribution < 1.29 is 13.2 Å². The minimum atomic E-state index is -3.63. The van der Waals surface area contributed by atoms with E-state index in [9.17, 15) is 13.2 Å². The topological polar surface area (TPSA) is 66.5 Å². The normalized spacial score (nSPS) is 11.4. The number of benzene rings is 2. The predicted molar refractivity (Wildman–Crippen MR) is 95.8 cm³/mol. The third kappa shape index (κ3) is 3.76. The molecule has 1 N–H and O–H groups in total. The Kier molecular flexibility index (Phi) is 5.29. The molecule has 6 heteroatoms. The number of hydrogen-bond donors (Lipinski definition) is 1. The summed E-state index contributed by atoms with van der Waals surface area (Å²) in [5, 5.41) is 2.82. The van der Waals surface area contributed by atoms with Gasteiger partial charge in [0.05, 0.1) is 10.6 Å². The highest BCUT2D eigenvalue weighted by atomic mass is 32.2. The molecule has 0 bridgehead atoms. The molecule has 0 aromatic heterocycles. The maximum Gasteiger partial charge on any atom is 0.264 e. The van der Waals surface area contributed by atoms with Gasteiger partial charge in [-0.25, -0.2) is 8.42 Å². The number of anilines is 1. The molecule has 2 aromatic carbocycles. The summed E-state index contributed by atoms with van der Waals surface area (Å²) in [4.78, 5) is 12.3. The largest absolute Gasteiger partial charge is 0.350 e. The SMILES string of the molecule is Cc1cc(C(=O)NC(C)C)ccc1N(C)S(=O)(=O)c1ccccc1. The van der Waals surface area contributed by atoms with Crippen LogP contribution in [-0.4, -0.2) is 27.4 Å². The Labute approximate surface area is 143 Å². The molecule has 0 spiro atoms. The van der Waals surface area contributed by atoms with E-state index >= 15 is 0 Å². The standard InChI is InChI=1S/C18H22N2O3S/c1-13(2)19-18(21)15-10-11-17(14(3)12-15)20(4)24(22,23)16-8-6-5-7-9-16/h5-13H,1-4H3,(H,19,21). The summed E-state index contributed by atoms with van der Waals surface area (Å²) in [5.74, 6) is -0.173. The molecule has 0 aliphatic rings. The van der Waals surface area contributed by atoms with Gasteiger partial charge in [-0.15, -0.1) is 0 Å². The highest BCUT2D eigenvalue weighted by Gasteiger charge is 2.22. The van der Waals surface area contributed by atoms with Gasteiger partial charge in [-0.2, -0.15) is 0 Å². The lowest BCUT2D eigenvalue weighted by Gasteiger charge is -2.22.